The van der Waals surface area contributed by atoms with E-state index < -0.39 is 5.82 Å². The molecule has 0 aliphatic rings. The van der Waals surface area contributed by atoms with Crippen LogP contribution in [0.2, 0.25) is 0 Å². The number of nitrogens with two attached hydrogens (primary N) is 1. The van der Waals surface area contributed by atoms with Crippen LogP contribution in [0.4, 0.5) is 4.39 Å². The van der Waals surface area contributed by atoms with Crippen LogP contribution in [0.5, 0.6) is 11.8 Å². The molecule has 0 saturated carbocycles. The van der Waals surface area contributed by atoms with Crippen molar-refractivity contribution in [2.75, 3.05) is 0 Å². The standard InChI is InChI=1S/C11H13FN4O/c1-7-3-10(16(2)15-7)17-11-8(5-13)4-9(12)6-14-11/h3-4,6H,5,13H2,1-2H3. The molecular weight excluding hydrogens is 223 g/mol. The Labute approximate surface area is 98.0 Å². The van der Waals surface area contributed by atoms with Crippen molar-refractivity contribution in [3.05, 3.63) is 35.4 Å². The van der Waals surface area contributed by atoms with Gasteiger partial charge in [-0.1, -0.05) is 0 Å². The van der Waals surface area contributed by atoms with Gasteiger partial charge < -0.3 is 10.5 Å². The lowest BCUT2D eigenvalue weighted by molar-refractivity contribution is 0.408. The van der Waals surface area contributed by atoms with Crippen molar-refractivity contribution in [3.8, 4) is 11.8 Å². The second-order valence-electron chi connectivity index (χ2n) is 3.67. The molecule has 0 aliphatic carbocycles. The monoisotopic (exact) mass is 236 g/mol. The van der Waals surface area contributed by atoms with E-state index in [2.05, 4.69) is 10.1 Å². The summed E-state index contributed by atoms with van der Waals surface area (Å²) in [5.74, 6) is 0.409. The van der Waals surface area contributed by atoms with Crippen LogP contribution in [0.1, 0.15) is 11.3 Å². The maximum atomic E-state index is 13.0. The van der Waals surface area contributed by atoms with E-state index in [1.165, 1.54) is 6.07 Å². The molecule has 2 N–H and O–H groups in total. The number of halogens is 1. The van der Waals surface area contributed by atoms with E-state index in [-0.39, 0.29) is 6.54 Å². The summed E-state index contributed by atoms with van der Waals surface area (Å²) in [6.07, 6.45) is 1.09. The average molecular weight is 236 g/mol. The van der Waals surface area contributed by atoms with E-state index in [1.54, 1.807) is 17.8 Å². The van der Waals surface area contributed by atoms with Gasteiger partial charge in [0.1, 0.15) is 5.82 Å². The van der Waals surface area contributed by atoms with Crippen LogP contribution in [-0.2, 0) is 13.6 Å². The third kappa shape index (κ3) is 2.42. The first-order valence-corrected chi connectivity index (χ1v) is 5.13. The maximum Gasteiger partial charge on any atom is 0.225 e. The molecule has 2 rings (SSSR count). The summed E-state index contributed by atoms with van der Waals surface area (Å²) in [6.45, 7) is 2.02. The van der Waals surface area contributed by atoms with Crippen molar-refractivity contribution < 1.29 is 9.13 Å². The summed E-state index contributed by atoms with van der Waals surface area (Å²) in [7, 11) is 1.76. The van der Waals surface area contributed by atoms with Crippen LogP contribution < -0.4 is 10.5 Å². The Morgan fingerprint density at radius 3 is 2.82 bits per heavy atom. The third-order valence-corrected chi connectivity index (χ3v) is 2.27. The molecule has 90 valence electrons. The summed E-state index contributed by atoms with van der Waals surface area (Å²) in [6, 6.07) is 3.08. The SMILES string of the molecule is Cc1cc(Oc2ncc(F)cc2CN)n(C)n1. The van der Waals surface area contributed by atoms with E-state index in [9.17, 15) is 4.39 Å². The molecule has 0 aliphatic heterocycles. The molecule has 6 heteroatoms. The molecule has 2 aromatic heterocycles. The molecule has 5 nitrogen and oxygen atoms in total. The molecule has 0 radical (unpaired) electrons. The molecule has 0 saturated heterocycles. The van der Waals surface area contributed by atoms with Crippen molar-refractivity contribution in [3.63, 3.8) is 0 Å². The van der Waals surface area contributed by atoms with Crippen molar-refractivity contribution >= 4 is 0 Å². The molecule has 2 aromatic rings. The molecular formula is C11H13FN4O. The zero-order valence-corrected chi connectivity index (χ0v) is 9.64. The number of hydrogen-bond donors (Lipinski definition) is 1. The molecule has 2 heterocycles. The van der Waals surface area contributed by atoms with E-state index in [1.807, 2.05) is 6.92 Å². The van der Waals surface area contributed by atoms with Crippen LogP contribution in [0.3, 0.4) is 0 Å². The number of aryl methyl sites for hydroxylation is 2. The third-order valence-electron chi connectivity index (χ3n) is 2.27. The normalized spacial score (nSPS) is 10.6. The fourth-order valence-electron chi connectivity index (χ4n) is 1.49. The highest BCUT2D eigenvalue weighted by molar-refractivity contribution is 5.30. The quantitative estimate of drug-likeness (QED) is 0.877. The Hall–Kier alpha value is -1.95. The van der Waals surface area contributed by atoms with Gasteiger partial charge in [-0.2, -0.15) is 5.10 Å². The van der Waals surface area contributed by atoms with Gasteiger partial charge in [-0.15, -0.1) is 0 Å². The molecule has 0 spiro atoms. The highest BCUT2D eigenvalue weighted by Gasteiger charge is 2.10. The Bertz CT molecular complexity index is 538. The summed E-state index contributed by atoms with van der Waals surface area (Å²) < 4.78 is 20.1. The van der Waals surface area contributed by atoms with Gasteiger partial charge in [-0.3, -0.25) is 0 Å². The first-order chi connectivity index (χ1) is 8.10. The molecule has 0 unspecified atom stereocenters. The predicted octanol–water partition coefficient (Wildman–Crippen LogP) is 1.51. The van der Waals surface area contributed by atoms with Gasteiger partial charge in [0.25, 0.3) is 0 Å². The zero-order chi connectivity index (χ0) is 12.4. The highest BCUT2D eigenvalue weighted by atomic mass is 19.1. The lowest BCUT2D eigenvalue weighted by Crippen LogP contribution is -2.04. The molecule has 0 atom stereocenters. The van der Waals surface area contributed by atoms with Gasteiger partial charge in [0.15, 0.2) is 0 Å². The maximum absolute atomic E-state index is 13.0. The smallest absolute Gasteiger partial charge is 0.225 e. The highest BCUT2D eigenvalue weighted by Crippen LogP contribution is 2.23. The van der Waals surface area contributed by atoms with Gasteiger partial charge in [0.05, 0.1) is 11.9 Å². The van der Waals surface area contributed by atoms with E-state index in [0.29, 0.717) is 17.3 Å². The zero-order valence-electron chi connectivity index (χ0n) is 9.64. The number of rotatable bonds is 3. The topological polar surface area (TPSA) is 66.0 Å². The molecule has 0 bridgehead atoms. The second kappa shape index (κ2) is 4.50. The number of hydrogen-bond acceptors (Lipinski definition) is 4. The summed E-state index contributed by atoms with van der Waals surface area (Å²) in [5, 5.41) is 4.14. The van der Waals surface area contributed by atoms with Gasteiger partial charge >= 0.3 is 0 Å². The van der Waals surface area contributed by atoms with E-state index in [4.69, 9.17) is 10.5 Å². The Morgan fingerprint density at radius 2 is 2.24 bits per heavy atom. The molecule has 0 amide bonds. The lowest BCUT2D eigenvalue weighted by Gasteiger charge is -2.08. The van der Waals surface area contributed by atoms with Crippen LogP contribution >= 0.6 is 0 Å². The molecule has 0 fully saturated rings. The van der Waals surface area contributed by atoms with Crippen LogP contribution in [0.15, 0.2) is 18.3 Å². The fraction of sp³-hybridized carbons (Fsp3) is 0.273. The second-order valence-corrected chi connectivity index (χ2v) is 3.67. The Kier molecular flexibility index (Phi) is 3.06. The minimum absolute atomic E-state index is 0.164. The van der Waals surface area contributed by atoms with E-state index in [0.717, 1.165) is 11.9 Å². The lowest BCUT2D eigenvalue weighted by atomic mass is 10.3. The van der Waals surface area contributed by atoms with Gasteiger partial charge in [-0.05, 0) is 13.0 Å². The van der Waals surface area contributed by atoms with Crippen molar-refractivity contribution in [2.45, 2.75) is 13.5 Å². The first-order valence-electron chi connectivity index (χ1n) is 5.13. The van der Waals surface area contributed by atoms with Crippen molar-refractivity contribution in [2.24, 2.45) is 12.8 Å². The van der Waals surface area contributed by atoms with Crippen LogP contribution in [-0.4, -0.2) is 14.8 Å². The summed E-state index contributed by atoms with van der Waals surface area (Å²) in [5.41, 5.74) is 6.86. The molecule has 17 heavy (non-hydrogen) atoms. The minimum Gasteiger partial charge on any atom is -0.421 e. The summed E-state index contributed by atoms with van der Waals surface area (Å²) in [4.78, 5) is 3.88. The average Bonchev–Trinajstić information content (AvgIpc) is 2.60. The van der Waals surface area contributed by atoms with Gasteiger partial charge in [0.2, 0.25) is 11.8 Å². The van der Waals surface area contributed by atoms with Gasteiger partial charge in [-0.25, -0.2) is 14.1 Å². The first kappa shape index (κ1) is 11.5. The van der Waals surface area contributed by atoms with Crippen LogP contribution in [0.25, 0.3) is 0 Å². The number of nitrogens with zero attached hydrogens (tertiary/aromatic N) is 3. The fourth-order valence-corrected chi connectivity index (χ4v) is 1.49. The number of aromatic nitrogens is 3. The minimum atomic E-state index is -0.431. The largest absolute Gasteiger partial charge is 0.421 e. The Morgan fingerprint density at radius 1 is 1.47 bits per heavy atom. The van der Waals surface area contributed by atoms with Crippen molar-refractivity contribution in [1.82, 2.24) is 14.8 Å². The van der Waals surface area contributed by atoms with Crippen LogP contribution in [0, 0.1) is 12.7 Å². The Balaban J connectivity index is 2.32. The van der Waals surface area contributed by atoms with E-state index >= 15 is 0 Å². The molecule has 0 aromatic carbocycles. The summed E-state index contributed by atoms with van der Waals surface area (Å²) >= 11 is 0. The number of pyridine rings is 1. The number of ether oxygens (including phenoxy) is 1. The van der Waals surface area contributed by atoms with Gasteiger partial charge in [0, 0.05) is 25.2 Å². The predicted molar refractivity (Wildman–Crippen MR) is 60.1 cm³/mol. The van der Waals surface area contributed by atoms with Crippen molar-refractivity contribution in [1.29, 1.82) is 0 Å².